The van der Waals surface area contributed by atoms with E-state index in [2.05, 4.69) is 10.6 Å². The lowest BCUT2D eigenvalue weighted by molar-refractivity contribution is 0.0463. The third-order valence-electron chi connectivity index (χ3n) is 5.89. The third-order valence-corrected chi connectivity index (χ3v) is 6.20. The summed E-state index contributed by atoms with van der Waals surface area (Å²) in [5, 5.41) is 17.5. The zero-order valence-electron chi connectivity index (χ0n) is 22.0. The molecule has 3 aromatic rings. The van der Waals surface area contributed by atoms with Crippen LogP contribution in [0.1, 0.15) is 48.7 Å². The molecule has 0 aromatic heterocycles. The van der Waals surface area contributed by atoms with Crippen LogP contribution < -0.4 is 16.4 Å². The Kier molecular flexibility index (Phi) is 10.2. The fraction of sp³-hybridized carbons (Fsp3) is 0.333. The van der Waals surface area contributed by atoms with Crippen LogP contribution in [0.15, 0.2) is 78.9 Å². The number of carbonyl (C=O) groups is 2. The molecule has 0 spiro atoms. The lowest BCUT2D eigenvalue weighted by Crippen LogP contribution is -2.49. The predicted octanol–water partition coefficient (Wildman–Crippen LogP) is 5.15. The zero-order chi connectivity index (χ0) is 27.7. The second-order valence-corrected chi connectivity index (χ2v) is 10.8. The van der Waals surface area contributed by atoms with Crippen molar-refractivity contribution in [1.82, 2.24) is 10.6 Å². The number of alkyl carbamates (subject to hydrolysis) is 1. The molecule has 0 saturated carbocycles. The van der Waals surface area contributed by atoms with Gasteiger partial charge in [-0.25, -0.2) is 4.79 Å². The number of rotatable bonds is 10. The summed E-state index contributed by atoms with van der Waals surface area (Å²) < 4.78 is 5.46. The number of aliphatic hydroxyl groups excluding tert-OH is 1. The average Bonchev–Trinajstić information content (AvgIpc) is 2.83. The van der Waals surface area contributed by atoms with E-state index < -0.39 is 35.8 Å². The maximum atomic E-state index is 13.2. The Labute approximate surface area is 229 Å². The van der Waals surface area contributed by atoms with E-state index in [-0.39, 0.29) is 17.0 Å². The van der Waals surface area contributed by atoms with Crippen molar-refractivity contribution in [3.8, 4) is 0 Å². The van der Waals surface area contributed by atoms with Crippen molar-refractivity contribution in [2.24, 2.45) is 0 Å². The maximum absolute atomic E-state index is 13.2. The summed E-state index contributed by atoms with van der Waals surface area (Å²) in [5.74, 6) is -0.422. The van der Waals surface area contributed by atoms with E-state index in [9.17, 15) is 14.7 Å². The minimum atomic E-state index is -0.990. The molecule has 5 N–H and O–H groups in total. The number of carbonyl (C=O) groups excluding carboxylic acids is 2. The number of ether oxygens (including phenoxy) is 1. The smallest absolute Gasteiger partial charge is 0.407 e. The molecule has 0 aliphatic heterocycles. The van der Waals surface area contributed by atoms with Crippen LogP contribution in [-0.2, 0) is 17.6 Å². The quantitative estimate of drug-likeness (QED) is 0.267. The number of aliphatic hydroxyl groups is 1. The first-order valence-electron chi connectivity index (χ1n) is 12.6. The number of benzene rings is 3. The van der Waals surface area contributed by atoms with E-state index in [4.69, 9.17) is 22.1 Å². The van der Waals surface area contributed by atoms with Gasteiger partial charge in [-0.15, -0.1) is 0 Å². The van der Waals surface area contributed by atoms with Gasteiger partial charge in [-0.3, -0.25) is 4.79 Å². The molecule has 0 heterocycles. The SMILES string of the molecule is CC(C)(C)OC(=O)NC(Cc1ccccc1)CC(O)C(Cc1ccccc1)NC(=O)c1ccc(N)cc1Cl. The molecule has 3 rings (SSSR count). The molecule has 3 unspecified atom stereocenters. The van der Waals surface area contributed by atoms with Gasteiger partial charge >= 0.3 is 6.09 Å². The van der Waals surface area contributed by atoms with Crippen LogP contribution in [0.5, 0.6) is 0 Å². The number of nitrogens with one attached hydrogen (secondary N) is 2. The van der Waals surface area contributed by atoms with E-state index in [0.29, 0.717) is 18.5 Å². The summed E-state index contributed by atoms with van der Waals surface area (Å²) in [6.45, 7) is 5.38. The third kappa shape index (κ3) is 9.39. The van der Waals surface area contributed by atoms with Crippen LogP contribution in [-0.4, -0.2) is 40.9 Å². The topological polar surface area (TPSA) is 114 Å². The fourth-order valence-electron chi connectivity index (χ4n) is 4.13. The fourth-order valence-corrected chi connectivity index (χ4v) is 4.41. The van der Waals surface area contributed by atoms with Gasteiger partial charge in [0.05, 0.1) is 22.7 Å². The summed E-state index contributed by atoms with van der Waals surface area (Å²) in [4.78, 5) is 25.8. The van der Waals surface area contributed by atoms with Crippen molar-refractivity contribution in [1.29, 1.82) is 0 Å². The molecule has 0 aliphatic carbocycles. The standard InChI is InChI=1S/C30H36ClN3O4/c1-30(2,3)38-29(37)33-23(16-20-10-6-4-7-11-20)19-27(35)26(17-21-12-8-5-9-13-21)34-28(36)24-15-14-22(32)18-25(24)31/h4-15,18,23,26-27,35H,16-17,19,32H2,1-3H3,(H,33,37)(H,34,36). The molecular formula is C30H36ClN3O4. The Morgan fingerprint density at radius 3 is 2.05 bits per heavy atom. The van der Waals surface area contributed by atoms with Crippen molar-refractivity contribution in [2.45, 2.75) is 63.8 Å². The number of nitrogens with two attached hydrogens (primary N) is 1. The van der Waals surface area contributed by atoms with Crippen molar-refractivity contribution >= 4 is 29.3 Å². The Morgan fingerprint density at radius 2 is 1.50 bits per heavy atom. The minimum absolute atomic E-state index is 0.182. The summed E-state index contributed by atoms with van der Waals surface area (Å²) in [7, 11) is 0. The lowest BCUT2D eigenvalue weighted by atomic mass is 9.93. The highest BCUT2D eigenvalue weighted by atomic mass is 35.5. The van der Waals surface area contributed by atoms with E-state index in [1.54, 1.807) is 32.9 Å². The van der Waals surface area contributed by atoms with Crippen LogP contribution in [0.3, 0.4) is 0 Å². The van der Waals surface area contributed by atoms with Gasteiger partial charge in [0.1, 0.15) is 5.60 Å². The van der Waals surface area contributed by atoms with Crippen LogP contribution in [0, 0.1) is 0 Å². The summed E-state index contributed by atoms with van der Waals surface area (Å²) in [6, 6.07) is 22.8. The van der Waals surface area contributed by atoms with Crippen molar-refractivity contribution in [3.63, 3.8) is 0 Å². The van der Waals surface area contributed by atoms with E-state index >= 15 is 0 Å². The summed E-state index contributed by atoms with van der Waals surface area (Å²) in [6.07, 6.45) is -0.516. The molecule has 0 radical (unpaired) electrons. The molecule has 0 bridgehead atoms. The van der Waals surface area contributed by atoms with Gasteiger partial charge in [0.15, 0.2) is 0 Å². The van der Waals surface area contributed by atoms with Crippen molar-refractivity contribution in [3.05, 3.63) is 101 Å². The Morgan fingerprint density at radius 1 is 0.921 bits per heavy atom. The Hall–Kier alpha value is -3.55. The highest BCUT2D eigenvalue weighted by molar-refractivity contribution is 6.34. The molecule has 3 atom stereocenters. The number of hydrogen-bond donors (Lipinski definition) is 4. The van der Waals surface area contributed by atoms with Crippen LogP contribution in [0.4, 0.5) is 10.5 Å². The summed E-state index contributed by atoms with van der Waals surface area (Å²) >= 11 is 6.27. The van der Waals surface area contributed by atoms with E-state index in [1.807, 2.05) is 60.7 Å². The van der Waals surface area contributed by atoms with Gasteiger partial charge in [-0.2, -0.15) is 0 Å². The summed E-state index contributed by atoms with van der Waals surface area (Å²) in [5.41, 5.74) is 7.76. The first-order valence-corrected chi connectivity index (χ1v) is 13.0. The first-order chi connectivity index (χ1) is 18.0. The first kappa shape index (κ1) is 29.0. The number of anilines is 1. The highest BCUT2D eigenvalue weighted by Gasteiger charge is 2.28. The average molecular weight is 538 g/mol. The van der Waals surface area contributed by atoms with Crippen LogP contribution in [0.25, 0.3) is 0 Å². The Bertz CT molecular complexity index is 1200. The van der Waals surface area contributed by atoms with Crippen LogP contribution >= 0.6 is 11.6 Å². The van der Waals surface area contributed by atoms with E-state index in [0.717, 1.165) is 11.1 Å². The van der Waals surface area contributed by atoms with Crippen molar-refractivity contribution < 1.29 is 19.4 Å². The number of nitrogen functional groups attached to an aromatic ring is 1. The molecule has 0 fully saturated rings. The monoisotopic (exact) mass is 537 g/mol. The van der Waals surface area contributed by atoms with Crippen LogP contribution in [0.2, 0.25) is 5.02 Å². The number of hydrogen-bond acceptors (Lipinski definition) is 5. The van der Waals surface area contributed by atoms with E-state index in [1.165, 1.54) is 6.07 Å². The van der Waals surface area contributed by atoms with Gasteiger partial charge in [0, 0.05) is 11.7 Å². The highest BCUT2D eigenvalue weighted by Crippen LogP contribution is 2.21. The molecule has 3 aromatic carbocycles. The molecule has 0 saturated heterocycles. The van der Waals surface area contributed by atoms with Gasteiger partial charge < -0.3 is 26.2 Å². The minimum Gasteiger partial charge on any atom is -0.444 e. The second-order valence-electron chi connectivity index (χ2n) is 10.3. The molecule has 2 amide bonds. The normalized spacial score (nSPS) is 13.7. The largest absolute Gasteiger partial charge is 0.444 e. The number of amides is 2. The molecule has 38 heavy (non-hydrogen) atoms. The maximum Gasteiger partial charge on any atom is 0.407 e. The van der Waals surface area contributed by atoms with Gasteiger partial charge in [-0.1, -0.05) is 72.3 Å². The van der Waals surface area contributed by atoms with Crippen molar-refractivity contribution in [2.75, 3.05) is 5.73 Å². The molecule has 0 aliphatic rings. The molecule has 202 valence electrons. The van der Waals surface area contributed by atoms with Gasteiger partial charge in [0.25, 0.3) is 5.91 Å². The molecule has 8 heteroatoms. The Balaban J connectivity index is 1.82. The van der Waals surface area contributed by atoms with Gasteiger partial charge in [-0.05, 0) is 69.4 Å². The molecular weight excluding hydrogens is 502 g/mol. The van der Waals surface area contributed by atoms with Gasteiger partial charge in [0.2, 0.25) is 0 Å². The second kappa shape index (κ2) is 13.3. The predicted molar refractivity (Wildman–Crippen MR) is 151 cm³/mol. The number of halogens is 1. The zero-order valence-corrected chi connectivity index (χ0v) is 22.7. The molecule has 7 nitrogen and oxygen atoms in total. The lowest BCUT2D eigenvalue weighted by Gasteiger charge is -2.29.